The maximum atomic E-state index is 11.6. The third-order valence-electron chi connectivity index (χ3n) is 3.41. The first-order valence-electron chi connectivity index (χ1n) is 8.43. The Morgan fingerprint density at radius 1 is 0.864 bits per heavy atom. The molecule has 0 aromatic rings. The molecule has 0 aromatic heterocycles. The lowest BCUT2D eigenvalue weighted by molar-refractivity contribution is -0.142. The Balaban J connectivity index is 3.87. The molecule has 0 saturated carbocycles. The number of unbranched alkanes of at least 4 members (excludes halogenated alkanes) is 4. The van der Waals surface area contributed by atoms with Gasteiger partial charge in [-0.3, -0.25) is 0 Å². The van der Waals surface area contributed by atoms with Gasteiger partial charge in [0.2, 0.25) is 0 Å². The third kappa shape index (κ3) is 12.4. The summed E-state index contributed by atoms with van der Waals surface area (Å²) in [5.41, 5.74) is -0.0285. The van der Waals surface area contributed by atoms with E-state index < -0.39 is 11.9 Å². The molecule has 0 amide bonds. The van der Waals surface area contributed by atoms with Crippen molar-refractivity contribution in [3.8, 4) is 0 Å². The summed E-state index contributed by atoms with van der Waals surface area (Å²) in [6.45, 7) is 9.18. The highest BCUT2D eigenvalue weighted by atomic mass is 16.5. The zero-order valence-corrected chi connectivity index (χ0v) is 14.7. The van der Waals surface area contributed by atoms with Gasteiger partial charge in [0.05, 0.1) is 13.2 Å². The van der Waals surface area contributed by atoms with Gasteiger partial charge in [-0.2, -0.15) is 0 Å². The van der Waals surface area contributed by atoms with Crippen LogP contribution in [0.25, 0.3) is 0 Å². The average Bonchev–Trinajstić information content (AvgIpc) is 2.49. The van der Waals surface area contributed by atoms with Crippen LogP contribution in [0, 0.1) is 5.41 Å². The second-order valence-corrected chi connectivity index (χ2v) is 6.44. The van der Waals surface area contributed by atoms with Gasteiger partial charge in [0.1, 0.15) is 0 Å². The van der Waals surface area contributed by atoms with E-state index in [4.69, 9.17) is 9.47 Å². The molecule has 128 valence electrons. The second-order valence-electron chi connectivity index (χ2n) is 6.44. The highest BCUT2D eigenvalue weighted by Gasteiger charge is 2.19. The van der Waals surface area contributed by atoms with Crippen LogP contribution < -0.4 is 0 Å². The third-order valence-corrected chi connectivity index (χ3v) is 3.41. The summed E-state index contributed by atoms with van der Waals surface area (Å²) in [4.78, 5) is 23.0. The van der Waals surface area contributed by atoms with Gasteiger partial charge in [0.15, 0.2) is 0 Å². The molecule has 22 heavy (non-hydrogen) atoms. The Hall–Kier alpha value is -1.32. The molecule has 0 atom stereocenters. The van der Waals surface area contributed by atoms with E-state index in [2.05, 4.69) is 27.7 Å². The highest BCUT2D eigenvalue weighted by molar-refractivity contribution is 5.91. The Labute approximate surface area is 135 Å². The standard InChI is InChI=1S/C18H32O4/c1-5-7-9-10-14-21-16(19)11-12-17(20)22-15-18(3,4)13-8-6-2/h11-12H,5-10,13-15H2,1-4H3/b12-11-. The van der Waals surface area contributed by atoms with Gasteiger partial charge in [-0.05, 0) is 18.3 Å². The molecule has 0 unspecified atom stereocenters. The number of rotatable bonds is 12. The lowest BCUT2D eigenvalue weighted by Gasteiger charge is -2.23. The van der Waals surface area contributed by atoms with Gasteiger partial charge in [-0.15, -0.1) is 0 Å². The van der Waals surface area contributed by atoms with Crippen LogP contribution in [0.5, 0.6) is 0 Å². The number of esters is 2. The van der Waals surface area contributed by atoms with Crippen molar-refractivity contribution in [2.75, 3.05) is 13.2 Å². The molecule has 0 aromatic carbocycles. The summed E-state index contributed by atoms with van der Waals surface area (Å²) in [5.74, 6) is -0.980. The molecule has 0 aliphatic heterocycles. The smallest absolute Gasteiger partial charge is 0.331 e. The quantitative estimate of drug-likeness (QED) is 0.304. The minimum absolute atomic E-state index is 0.0285. The van der Waals surface area contributed by atoms with Crippen molar-refractivity contribution in [1.29, 1.82) is 0 Å². The van der Waals surface area contributed by atoms with Crippen LogP contribution in [-0.2, 0) is 19.1 Å². The van der Waals surface area contributed by atoms with Gasteiger partial charge in [-0.25, -0.2) is 9.59 Å². The lowest BCUT2D eigenvalue weighted by Crippen LogP contribution is -2.21. The van der Waals surface area contributed by atoms with E-state index in [1.807, 2.05) is 0 Å². The number of carbonyl (C=O) groups excluding carboxylic acids is 2. The first kappa shape index (κ1) is 20.7. The van der Waals surface area contributed by atoms with E-state index in [1.54, 1.807) is 0 Å². The minimum Gasteiger partial charge on any atom is -0.463 e. The largest absolute Gasteiger partial charge is 0.463 e. The molecule has 0 saturated heterocycles. The normalized spacial score (nSPS) is 11.6. The van der Waals surface area contributed by atoms with Crippen LogP contribution >= 0.6 is 0 Å². The molecule has 0 N–H and O–H groups in total. The number of ether oxygens (including phenoxy) is 2. The van der Waals surface area contributed by atoms with Crippen LogP contribution in [-0.4, -0.2) is 25.2 Å². The first-order chi connectivity index (χ1) is 10.4. The molecule has 0 rings (SSSR count). The van der Waals surface area contributed by atoms with Crippen LogP contribution in [0.15, 0.2) is 12.2 Å². The summed E-state index contributed by atoms with van der Waals surface area (Å²) >= 11 is 0. The number of hydrogen-bond donors (Lipinski definition) is 0. The molecule has 0 spiro atoms. The van der Waals surface area contributed by atoms with Gasteiger partial charge >= 0.3 is 11.9 Å². The molecular formula is C18H32O4. The van der Waals surface area contributed by atoms with E-state index >= 15 is 0 Å². The van der Waals surface area contributed by atoms with Crippen LogP contribution in [0.4, 0.5) is 0 Å². The molecule has 4 heteroatoms. The van der Waals surface area contributed by atoms with Gasteiger partial charge in [0.25, 0.3) is 0 Å². The van der Waals surface area contributed by atoms with E-state index in [-0.39, 0.29) is 5.41 Å². The van der Waals surface area contributed by atoms with Crippen molar-refractivity contribution < 1.29 is 19.1 Å². The van der Waals surface area contributed by atoms with E-state index in [9.17, 15) is 9.59 Å². The highest BCUT2D eigenvalue weighted by Crippen LogP contribution is 2.23. The van der Waals surface area contributed by atoms with Gasteiger partial charge < -0.3 is 9.47 Å². The van der Waals surface area contributed by atoms with E-state index in [0.717, 1.165) is 57.1 Å². The summed E-state index contributed by atoms with van der Waals surface area (Å²) in [6, 6.07) is 0. The van der Waals surface area contributed by atoms with E-state index in [0.29, 0.717) is 13.2 Å². The summed E-state index contributed by atoms with van der Waals surface area (Å²) in [5, 5.41) is 0. The zero-order chi connectivity index (χ0) is 16.8. The first-order valence-corrected chi connectivity index (χ1v) is 8.43. The molecule has 0 bridgehead atoms. The maximum absolute atomic E-state index is 11.6. The fourth-order valence-corrected chi connectivity index (χ4v) is 1.93. The fraction of sp³-hybridized carbons (Fsp3) is 0.778. The predicted octanol–water partition coefficient (Wildman–Crippen LogP) is 4.43. The summed E-state index contributed by atoms with van der Waals surface area (Å²) < 4.78 is 10.2. The van der Waals surface area contributed by atoms with Crippen molar-refractivity contribution >= 4 is 11.9 Å². The summed E-state index contributed by atoms with van der Waals surface area (Å²) in [6.07, 6.45) is 9.76. The number of hydrogen-bond acceptors (Lipinski definition) is 4. The van der Waals surface area contributed by atoms with Crippen molar-refractivity contribution in [2.45, 2.75) is 72.6 Å². The Morgan fingerprint density at radius 3 is 2.05 bits per heavy atom. The molecule has 4 nitrogen and oxygen atoms in total. The molecule has 0 aliphatic rings. The van der Waals surface area contributed by atoms with Gasteiger partial charge in [-0.1, -0.05) is 59.8 Å². The monoisotopic (exact) mass is 312 g/mol. The lowest BCUT2D eigenvalue weighted by atomic mass is 9.88. The maximum Gasteiger partial charge on any atom is 0.331 e. The average molecular weight is 312 g/mol. The Bertz CT molecular complexity index is 345. The summed E-state index contributed by atoms with van der Waals surface area (Å²) in [7, 11) is 0. The molecular weight excluding hydrogens is 280 g/mol. The van der Waals surface area contributed by atoms with Gasteiger partial charge in [0, 0.05) is 12.2 Å². The van der Waals surface area contributed by atoms with Crippen molar-refractivity contribution in [3.63, 3.8) is 0 Å². The SMILES string of the molecule is CCCCCCOC(=O)/C=C\C(=O)OCC(C)(C)CCCC. The van der Waals surface area contributed by atoms with Crippen molar-refractivity contribution in [1.82, 2.24) is 0 Å². The molecule has 0 heterocycles. The molecule has 0 aliphatic carbocycles. The fourth-order valence-electron chi connectivity index (χ4n) is 1.93. The Kier molecular flexibility index (Phi) is 11.5. The minimum atomic E-state index is -0.493. The van der Waals surface area contributed by atoms with E-state index in [1.165, 1.54) is 0 Å². The molecule has 0 radical (unpaired) electrons. The van der Waals surface area contributed by atoms with Crippen LogP contribution in [0.2, 0.25) is 0 Å². The van der Waals surface area contributed by atoms with Crippen LogP contribution in [0.3, 0.4) is 0 Å². The zero-order valence-electron chi connectivity index (χ0n) is 14.7. The van der Waals surface area contributed by atoms with Crippen molar-refractivity contribution in [2.24, 2.45) is 5.41 Å². The number of carbonyl (C=O) groups is 2. The second kappa shape index (κ2) is 12.2. The topological polar surface area (TPSA) is 52.6 Å². The Morgan fingerprint density at radius 2 is 1.45 bits per heavy atom. The van der Waals surface area contributed by atoms with Crippen molar-refractivity contribution in [3.05, 3.63) is 12.2 Å². The van der Waals surface area contributed by atoms with Crippen LogP contribution in [0.1, 0.15) is 72.6 Å². The molecule has 0 fully saturated rings. The predicted molar refractivity (Wildman–Crippen MR) is 88.5 cm³/mol.